The number of ether oxygens (including phenoxy) is 2. The average Bonchev–Trinajstić information content (AvgIpc) is 2.67. The van der Waals surface area contributed by atoms with Crippen LogP contribution >= 0.6 is 23.2 Å². The Morgan fingerprint density at radius 3 is 2.52 bits per heavy atom. The first-order valence-corrected chi connectivity index (χ1v) is 10.00. The number of urea groups is 1. The monoisotopic (exact) mass is 462 g/mol. The third kappa shape index (κ3) is 6.07. The van der Waals surface area contributed by atoms with Gasteiger partial charge in [0, 0.05) is 14.1 Å². The van der Waals surface area contributed by atoms with Crippen molar-refractivity contribution in [3.63, 3.8) is 0 Å². The second-order valence-electron chi connectivity index (χ2n) is 5.36. The lowest BCUT2D eigenvalue weighted by molar-refractivity contribution is 0.256. The van der Waals surface area contributed by atoms with Crippen LogP contribution in [0.1, 0.15) is 0 Å². The molecule has 0 spiro atoms. The number of nitrogens with one attached hydrogen (secondary N) is 2. The van der Waals surface area contributed by atoms with E-state index in [1.54, 1.807) is 19.0 Å². The molecule has 14 heteroatoms. The molecule has 1 aromatic heterocycles. The first-order chi connectivity index (χ1) is 13.7. The van der Waals surface area contributed by atoms with Crippen LogP contribution in [0.25, 0.3) is 0 Å². The number of nitrogens with zero attached hydrogens (tertiary/aromatic N) is 4. The quantitative estimate of drug-likeness (QED) is 0.592. The smallest absolute Gasteiger partial charge is 0.335 e. The van der Waals surface area contributed by atoms with Gasteiger partial charge >= 0.3 is 12.0 Å². The van der Waals surface area contributed by atoms with Crippen molar-refractivity contribution in [2.45, 2.75) is 4.90 Å². The van der Waals surface area contributed by atoms with E-state index in [0.29, 0.717) is 0 Å². The van der Waals surface area contributed by atoms with Crippen LogP contribution in [0.2, 0.25) is 0 Å². The van der Waals surface area contributed by atoms with Gasteiger partial charge in [0.05, 0.1) is 12.6 Å². The number of halogens is 2. The Morgan fingerprint density at radius 2 is 1.90 bits per heavy atom. The van der Waals surface area contributed by atoms with E-state index in [9.17, 15) is 13.2 Å². The van der Waals surface area contributed by atoms with Crippen LogP contribution in [0, 0.1) is 0 Å². The van der Waals surface area contributed by atoms with Gasteiger partial charge in [0.25, 0.3) is 10.0 Å². The molecular weight excluding hydrogens is 447 g/mol. The molecule has 2 aromatic rings. The van der Waals surface area contributed by atoms with Crippen LogP contribution in [-0.2, 0) is 10.0 Å². The fraction of sp³-hybridized carbons (Fsp3) is 0.200. The highest BCUT2D eigenvalue weighted by Gasteiger charge is 2.23. The van der Waals surface area contributed by atoms with Gasteiger partial charge in [-0.25, -0.2) is 17.9 Å². The van der Waals surface area contributed by atoms with Gasteiger partial charge in [-0.2, -0.15) is 15.0 Å². The zero-order valence-corrected chi connectivity index (χ0v) is 17.7. The predicted octanol–water partition coefficient (Wildman–Crippen LogP) is 2.11. The molecule has 0 bridgehead atoms. The summed E-state index contributed by atoms with van der Waals surface area (Å²) in [6.45, 7) is 0. The van der Waals surface area contributed by atoms with Crippen LogP contribution in [-0.4, -0.2) is 50.6 Å². The topological polar surface area (TPSA) is 136 Å². The number of amides is 2. The van der Waals surface area contributed by atoms with E-state index >= 15 is 0 Å². The number of para-hydroxylation sites is 1. The number of hydrogen-bond donors (Lipinski definition) is 2. The Kier molecular flexibility index (Phi) is 7.42. The lowest BCUT2D eigenvalue weighted by atomic mass is 10.3. The second kappa shape index (κ2) is 9.58. The van der Waals surface area contributed by atoms with Crippen molar-refractivity contribution in [2.75, 3.05) is 31.4 Å². The Morgan fingerprint density at radius 1 is 1.21 bits per heavy atom. The molecule has 2 amide bonds. The second-order valence-corrected chi connectivity index (χ2v) is 7.60. The summed E-state index contributed by atoms with van der Waals surface area (Å²) in [6, 6.07) is 4.35. The lowest BCUT2D eigenvalue weighted by Crippen LogP contribution is -2.35. The van der Waals surface area contributed by atoms with Crippen molar-refractivity contribution >= 4 is 51.2 Å². The molecule has 0 atom stereocenters. The fourth-order valence-corrected chi connectivity index (χ4v) is 3.05. The molecule has 0 fully saturated rings. The van der Waals surface area contributed by atoms with Gasteiger partial charge in [-0.1, -0.05) is 23.7 Å². The predicted molar refractivity (Wildman–Crippen MR) is 107 cm³/mol. The van der Waals surface area contributed by atoms with Crippen molar-refractivity contribution in [2.24, 2.45) is 0 Å². The molecule has 0 aliphatic heterocycles. The molecule has 0 radical (unpaired) electrons. The molecule has 29 heavy (non-hydrogen) atoms. The number of sulfonamides is 1. The Balaban J connectivity index is 2.24. The van der Waals surface area contributed by atoms with Crippen molar-refractivity contribution < 1.29 is 22.7 Å². The molecule has 11 nitrogen and oxygen atoms in total. The standard InChI is InChI=1S/C15H16Cl2N6O5S/c1-23(2)13-18-12(20-15(21-13)27-3)19-14(24)22-29(25,26)10-7-5-4-6-9(10)28-11(17)8-16/h4-8H,1-3H3,(H2,18,19,20,21,22,24)/b11-8+. The van der Waals surface area contributed by atoms with Crippen LogP contribution in [0.3, 0.4) is 0 Å². The number of anilines is 2. The van der Waals surface area contributed by atoms with Crippen molar-refractivity contribution in [1.82, 2.24) is 19.7 Å². The zero-order chi connectivity index (χ0) is 21.6. The summed E-state index contributed by atoms with van der Waals surface area (Å²) in [5.41, 5.74) is 0.918. The molecule has 0 aliphatic rings. The number of hydrogen-bond acceptors (Lipinski definition) is 9. The van der Waals surface area contributed by atoms with Crippen molar-refractivity contribution in [3.8, 4) is 11.8 Å². The molecule has 1 aromatic carbocycles. The van der Waals surface area contributed by atoms with Gasteiger partial charge in [0.2, 0.25) is 17.1 Å². The van der Waals surface area contributed by atoms with Gasteiger partial charge in [-0.15, -0.1) is 0 Å². The van der Waals surface area contributed by atoms with Gasteiger partial charge < -0.3 is 14.4 Å². The Labute approximate surface area is 176 Å². The van der Waals surface area contributed by atoms with Gasteiger partial charge in [0.1, 0.15) is 10.6 Å². The summed E-state index contributed by atoms with van der Waals surface area (Å²) in [6.07, 6.45) is 0. The highest BCUT2D eigenvalue weighted by atomic mass is 35.5. The summed E-state index contributed by atoms with van der Waals surface area (Å²) in [7, 11) is 0.333. The first kappa shape index (κ1) is 22.5. The fourth-order valence-electron chi connectivity index (χ4n) is 1.88. The maximum absolute atomic E-state index is 12.6. The van der Waals surface area contributed by atoms with Crippen molar-refractivity contribution in [1.29, 1.82) is 0 Å². The minimum Gasteiger partial charge on any atom is -0.467 e. The normalized spacial score (nSPS) is 11.6. The highest BCUT2D eigenvalue weighted by molar-refractivity contribution is 7.90. The zero-order valence-electron chi connectivity index (χ0n) is 15.4. The van der Waals surface area contributed by atoms with E-state index in [1.165, 1.54) is 31.4 Å². The van der Waals surface area contributed by atoms with Crippen molar-refractivity contribution in [3.05, 3.63) is 35.0 Å². The van der Waals surface area contributed by atoms with Gasteiger partial charge in [-0.3, -0.25) is 5.32 Å². The lowest BCUT2D eigenvalue weighted by Gasteiger charge is -2.13. The van der Waals surface area contributed by atoms with E-state index in [1.807, 2.05) is 4.72 Å². The average molecular weight is 463 g/mol. The Hall–Kier alpha value is -2.83. The third-order valence-corrected chi connectivity index (χ3v) is 4.94. The SMILES string of the molecule is COc1nc(NC(=O)NS(=O)(=O)c2ccccc2O/C(Cl)=C/Cl)nc(N(C)C)n1. The molecule has 2 rings (SSSR count). The molecular formula is C15H16Cl2N6O5S. The van der Waals surface area contributed by atoms with Gasteiger partial charge in [0.15, 0.2) is 0 Å². The van der Waals surface area contributed by atoms with E-state index in [0.717, 1.165) is 5.54 Å². The Bertz CT molecular complexity index is 1030. The minimum absolute atomic E-state index is 0.0666. The number of carbonyl (C=O) groups excluding carboxylic acids is 1. The van der Waals surface area contributed by atoms with Gasteiger partial charge in [-0.05, 0) is 23.7 Å². The molecule has 156 valence electrons. The van der Waals surface area contributed by atoms with Crippen LogP contribution in [0.4, 0.5) is 16.7 Å². The molecule has 1 heterocycles. The summed E-state index contributed by atoms with van der Waals surface area (Å²) < 4.78 is 37.1. The molecule has 0 saturated carbocycles. The largest absolute Gasteiger partial charge is 0.467 e. The molecule has 0 unspecified atom stereocenters. The maximum Gasteiger partial charge on any atom is 0.335 e. The molecule has 0 saturated heterocycles. The van der Waals surface area contributed by atoms with Crippen LogP contribution in [0.5, 0.6) is 11.8 Å². The summed E-state index contributed by atoms with van der Waals surface area (Å²) in [5, 5.41) is 1.95. The van der Waals surface area contributed by atoms with E-state index in [2.05, 4.69) is 20.3 Å². The number of carbonyl (C=O) groups is 1. The van der Waals surface area contributed by atoms with E-state index < -0.39 is 16.1 Å². The van der Waals surface area contributed by atoms with E-state index in [4.69, 9.17) is 32.7 Å². The van der Waals surface area contributed by atoms with E-state index in [-0.39, 0.29) is 33.8 Å². The van der Waals surface area contributed by atoms with Crippen LogP contribution < -0.4 is 24.4 Å². The maximum atomic E-state index is 12.6. The summed E-state index contributed by atoms with van der Waals surface area (Å²) in [5.74, 6) is -0.159. The number of benzene rings is 1. The summed E-state index contributed by atoms with van der Waals surface area (Å²) in [4.78, 5) is 25.2. The molecule has 0 aliphatic carbocycles. The first-order valence-electron chi connectivity index (χ1n) is 7.70. The number of rotatable bonds is 7. The third-order valence-electron chi connectivity index (χ3n) is 3.07. The number of methoxy groups -OCH3 is 1. The number of aromatic nitrogens is 3. The molecule has 2 N–H and O–H groups in total. The summed E-state index contributed by atoms with van der Waals surface area (Å²) >= 11 is 11.1. The minimum atomic E-state index is -4.34. The highest BCUT2D eigenvalue weighted by Crippen LogP contribution is 2.26. The van der Waals surface area contributed by atoms with Crippen LogP contribution in [0.15, 0.2) is 39.9 Å².